The summed E-state index contributed by atoms with van der Waals surface area (Å²) in [7, 11) is 0. The standard InChI is InChI=1S/C20H16N2O4/c1-13-3-7-15(8-4-13)19(23)25-17-11-12-18(22-21-17)26-20(24)16-9-5-14(2)6-10-16/h3-12H,1-2H3. The van der Waals surface area contributed by atoms with E-state index in [0.717, 1.165) is 11.1 Å². The molecule has 0 saturated carbocycles. The first-order chi connectivity index (χ1) is 12.5. The Bertz CT molecular complexity index is 839. The topological polar surface area (TPSA) is 78.4 Å². The molecule has 2 aromatic carbocycles. The monoisotopic (exact) mass is 348 g/mol. The van der Waals surface area contributed by atoms with Crippen molar-refractivity contribution in [2.75, 3.05) is 0 Å². The van der Waals surface area contributed by atoms with Crippen LogP contribution in [0.3, 0.4) is 0 Å². The van der Waals surface area contributed by atoms with Crippen LogP contribution < -0.4 is 9.47 Å². The first-order valence-corrected chi connectivity index (χ1v) is 7.93. The average molecular weight is 348 g/mol. The molecule has 0 aliphatic carbocycles. The van der Waals surface area contributed by atoms with Gasteiger partial charge in [0.05, 0.1) is 11.1 Å². The van der Waals surface area contributed by atoms with E-state index in [0.29, 0.717) is 11.1 Å². The second-order valence-electron chi connectivity index (χ2n) is 5.72. The lowest BCUT2D eigenvalue weighted by Gasteiger charge is -2.05. The van der Waals surface area contributed by atoms with Crippen LogP contribution in [-0.4, -0.2) is 22.1 Å². The highest BCUT2D eigenvalue weighted by Crippen LogP contribution is 2.14. The Labute approximate surface area is 150 Å². The zero-order valence-corrected chi connectivity index (χ0v) is 14.3. The first-order valence-electron chi connectivity index (χ1n) is 7.93. The Hall–Kier alpha value is -3.54. The van der Waals surface area contributed by atoms with E-state index in [4.69, 9.17) is 9.47 Å². The molecule has 3 rings (SSSR count). The van der Waals surface area contributed by atoms with Crippen molar-refractivity contribution in [3.05, 3.63) is 82.9 Å². The van der Waals surface area contributed by atoms with Crippen molar-refractivity contribution in [2.24, 2.45) is 0 Å². The fraction of sp³-hybridized carbons (Fsp3) is 0.100. The van der Waals surface area contributed by atoms with Gasteiger partial charge >= 0.3 is 11.9 Å². The maximum absolute atomic E-state index is 12.0. The van der Waals surface area contributed by atoms with Gasteiger partial charge in [-0.2, -0.15) is 0 Å². The molecule has 26 heavy (non-hydrogen) atoms. The van der Waals surface area contributed by atoms with Crippen LogP contribution in [0.4, 0.5) is 0 Å². The fourth-order valence-electron chi connectivity index (χ4n) is 2.10. The van der Waals surface area contributed by atoms with E-state index in [9.17, 15) is 9.59 Å². The highest BCUT2D eigenvalue weighted by Gasteiger charge is 2.12. The molecule has 6 heteroatoms. The lowest BCUT2D eigenvalue weighted by atomic mass is 10.1. The van der Waals surface area contributed by atoms with Gasteiger partial charge in [-0.15, -0.1) is 10.2 Å². The van der Waals surface area contributed by atoms with Gasteiger partial charge in [-0.1, -0.05) is 35.4 Å². The minimum atomic E-state index is -0.538. The third-order valence-electron chi connectivity index (χ3n) is 3.58. The van der Waals surface area contributed by atoms with Crippen molar-refractivity contribution >= 4 is 11.9 Å². The summed E-state index contributed by atoms with van der Waals surface area (Å²) in [6.07, 6.45) is 0. The average Bonchev–Trinajstić information content (AvgIpc) is 2.64. The van der Waals surface area contributed by atoms with Crippen LogP contribution in [0.1, 0.15) is 31.8 Å². The van der Waals surface area contributed by atoms with Gasteiger partial charge in [0.25, 0.3) is 0 Å². The molecule has 130 valence electrons. The highest BCUT2D eigenvalue weighted by molar-refractivity contribution is 5.91. The molecule has 0 fully saturated rings. The molecule has 3 aromatic rings. The van der Waals surface area contributed by atoms with Gasteiger partial charge in [0.2, 0.25) is 11.8 Å². The van der Waals surface area contributed by atoms with Gasteiger partial charge in [0.1, 0.15) is 0 Å². The second kappa shape index (κ2) is 7.57. The molecular weight excluding hydrogens is 332 g/mol. The fourth-order valence-corrected chi connectivity index (χ4v) is 2.10. The molecule has 0 radical (unpaired) electrons. The van der Waals surface area contributed by atoms with Gasteiger partial charge < -0.3 is 9.47 Å². The zero-order valence-electron chi connectivity index (χ0n) is 14.3. The number of nitrogens with zero attached hydrogens (tertiary/aromatic N) is 2. The third-order valence-corrected chi connectivity index (χ3v) is 3.58. The molecule has 0 N–H and O–H groups in total. The smallest absolute Gasteiger partial charge is 0.344 e. The third kappa shape index (κ3) is 4.30. The molecule has 0 unspecified atom stereocenters. The number of aromatic nitrogens is 2. The van der Waals surface area contributed by atoms with E-state index in [2.05, 4.69) is 10.2 Å². The van der Waals surface area contributed by atoms with Gasteiger partial charge in [-0.05, 0) is 38.1 Å². The molecule has 0 saturated heterocycles. The molecule has 0 aliphatic heterocycles. The van der Waals surface area contributed by atoms with Crippen LogP contribution in [0.25, 0.3) is 0 Å². The molecule has 0 aliphatic rings. The molecular formula is C20H16N2O4. The Kier molecular flexibility index (Phi) is 5.03. The predicted octanol–water partition coefficient (Wildman–Crippen LogP) is 3.53. The van der Waals surface area contributed by atoms with Crippen molar-refractivity contribution in [1.29, 1.82) is 0 Å². The minimum absolute atomic E-state index is 0.0192. The summed E-state index contributed by atoms with van der Waals surface area (Å²) in [6.45, 7) is 3.86. The van der Waals surface area contributed by atoms with Crippen molar-refractivity contribution in [3.8, 4) is 11.8 Å². The summed E-state index contributed by atoms with van der Waals surface area (Å²) < 4.78 is 10.3. The number of ether oxygens (including phenoxy) is 2. The minimum Gasteiger partial charge on any atom is -0.402 e. The van der Waals surface area contributed by atoms with Gasteiger partial charge in [-0.3, -0.25) is 0 Å². The SMILES string of the molecule is Cc1ccc(C(=O)Oc2ccc(OC(=O)c3ccc(C)cc3)nn2)cc1. The van der Waals surface area contributed by atoms with E-state index in [1.165, 1.54) is 12.1 Å². The summed E-state index contributed by atoms with van der Waals surface area (Å²) >= 11 is 0. The zero-order chi connectivity index (χ0) is 18.5. The van der Waals surface area contributed by atoms with Crippen LogP contribution in [-0.2, 0) is 0 Å². The van der Waals surface area contributed by atoms with Crippen molar-refractivity contribution in [3.63, 3.8) is 0 Å². The number of carbonyl (C=O) groups excluding carboxylic acids is 2. The number of carbonyl (C=O) groups is 2. The maximum atomic E-state index is 12.0. The van der Waals surface area contributed by atoms with E-state index in [1.54, 1.807) is 24.3 Å². The summed E-state index contributed by atoms with van der Waals surface area (Å²) in [5.41, 5.74) is 2.90. The number of aryl methyl sites for hydroxylation is 2. The Morgan fingerprint density at radius 2 is 0.962 bits per heavy atom. The van der Waals surface area contributed by atoms with Crippen LogP contribution in [0.2, 0.25) is 0 Å². The van der Waals surface area contributed by atoms with Gasteiger partial charge in [0.15, 0.2) is 0 Å². The van der Waals surface area contributed by atoms with Gasteiger partial charge in [-0.25, -0.2) is 9.59 Å². The van der Waals surface area contributed by atoms with E-state index < -0.39 is 11.9 Å². The van der Waals surface area contributed by atoms with Crippen LogP contribution >= 0.6 is 0 Å². The van der Waals surface area contributed by atoms with E-state index >= 15 is 0 Å². The molecule has 0 atom stereocenters. The summed E-state index contributed by atoms with van der Waals surface area (Å²) in [6, 6.07) is 16.8. The van der Waals surface area contributed by atoms with Gasteiger partial charge in [0, 0.05) is 12.1 Å². The van der Waals surface area contributed by atoms with Crippen molar-refractivity contribution in [1.82, 2.24) is 10.2 Å². The molecule has 0 amide bonds. The summed E-state index contributed by atoms with van der Waals surface area (Å²) in [5.74, 6) is -1.04. The lowest BCUT2D eigenvalue weighted by Crippen LogP contribution is -2.12. The van der Waals surface area contributed by atoms with Crippen LogP contribution in [0, 0.1) is 13.8 Å². The Morgan fingerprint density at radius 3 is 1.27 bits per heavy atom. The summed E-state index contributed by atoms with van der Waals surface area (Å²) in [5, 5.41) is 7.50. The first kappa shape index (κ1) is 17.3. The van der Waals surface area contributed by atoms with Crippen molar-refractivity contribution in [2.45, 2.75) is 13.8 Å². The Morgan fingerprint density at radius 1 is 0.615 bits per heavy atom. The van der Waals surface area contributed by atoms with Crippen molar-refractivity contribution < 1.29 is 19.1 Å². The maximum Gasteiger partial charge on any atom is 0.344 e. The number of hydrogen-bond donors (Lipinski definition) is 0. The van der Waals surface area contributed by atoms with Crippen LogP contribution in [0.5, 0.6) is 11.8 Å². The normalized spacial score (nSPS) is 10.2. The Balaban J connectivity index is 1.62. The van der Waals surface area contributed by atoms with Crippen LogP contribution in [0.15, 0.2) is 60.7 Å². The molecule has 1 heterocycles. The quantitative estimate of drug-likeness (QED) is 0.671. The second-order valence-corrected chi connectivity index (χ2v) is 5.72. The van der Waals surface area contributed by atoms with E-state index in [-0.39, 0.29) is 11.8 Å². The highest BCUT2D eigenvalue weighted by atomic mass is 16.6. The molecule has 0 bridgehead atoms. The van der Waals surface area contributed by atoms with E-state index in [1.807, 2.05) is 38.1 Å². The molecule has 0 spiro atoms. The number of esters is 2. The lowest BCUT2D eigenvalue weighted by molar-refractivity contribution is 0.0704. The molecule has 1 aromatic heterocycles. The number of hydrogen-bond acceptors (Lipinski definition) is 6. The number of rotatable bonds is 4. The predicted molar refractivity (Wildman–Crippen MR) is 94.3 cm³/mol. The summed E-state index contributed by atoms with van der Waals surface area (Å²) in [4.78, 5) is 24.1. The largest absolute Gasteiger partial charge is 0.402 e. The molecule has 6 nitrogen and oxygen atoms in total. The number of benzene rings is 2.